The minimum absolute atomic E-state index is 0.442. The Kier molecular flexibility index (Phi) is 6.03. The Morgan fingerprint density at radius 1 is 0.471 bits per heavy atom. The van der Waals surface area contributed by atoms with Gasteiger partial charge in [0.1, 0.15) is 0 Å². The van der Waals surface area contributed by atoms with Crippen LogP contribution >= 0.6 is 0 Å². The SMILES string of the molecule is C1=CCCC(n2c3ccccc3c3cc(-c4ccc5c(c4)-c4ccccc4C54c5ccccc5N(c5ccccc5)c5ccccc54)ccc32)=C1. The molecule has 11 rings (SSSR count). The highest BCUT2D eigenvalue weighted by Crippen LogP contribution is 2.63. The second kappa shape index (κ2) is 10.8. The molecule has 0 saturated heterocycles. The van der Waals surface area contributed by atoms with Crippen LogP contribution in [0.1, 0.15) is 35.1 Å². The number of allylic oxidation sites excluding steroid dienone is 4. The predicted octanol–water partition coefficient (Wildman–Crippen LogP) is 12.8. The molecule has 0 bridgehead atoms. The molecule has 0 saturated carbocycles. The van der Waals surface area contributed by atoms with Gasteiger partial charge in [0, 0.05) is 22.2 Å². The maximum Gasteiger partial charge on any atom is 0.0754 e. The van der Waals surface area contributed by atoms with Crippen LogP contribution < -0.4 is 4.90 Å². The molecule has 0 atom stereocenters. The van der Waals surface area contributed by atoms with Crippen molar-refractivity contribution in [3.8, 4) is 22.3 Å². The van der Waals surface area contributed by atoms with E-state index < -0.39 is 5.41 Å². The maximum atomic E-state index is 2.47. The molecule has 240 valence electrons. The van der Waals surface area contributed by atoms with Gasteiger partial charge in [-0.3, -0.25) is 0 Å². The molecule has 0 unspecified atom stereocenters. The van der Waals surface area contributed by atoms with Crippen molar-refractivity contribution < 1.29 is 0 Å². The Labute approximate surface area is 297 Å². The molecule has 0 N–H and O–H groups in total. The standard InChI is InChI=1S/C49H34N2/c1-3-15-35(16-4-1)50-45-24-12-8-20-38(45)40-32-34(28-30-46(40)50)33-27-29-42-39(31-33)37-19-7-9-21-41(37)49(42)43-22-10-13-25-47(43)51(36-17-5-2-6-18-36)48-26-14-11-23-44(48)49/h1-3,5-15,17-32H,4,16H2. The summed E-state index contributed by atoms with van der Waals surface area (Å²) in [5.41, 5.74) is 17.5. The molecule has 0 amide bonds. The van der Waals surface area contributed by atoms with Crippen molar-refractivity contribution in [2.24, 2.45) is 0 Å². The van der Waals surface area contributed by atoms with Gasteiger partial charge in [0.2, 0.25) is 0 Å². The fraction of sp³-hybridized carbons (Fsp3) is 0.0612. The first-order valence-corrected chi connectivity index (χ1v) is 18.0. The van der Waals surface area contributed by atoms with E-state index in [1.165, 1.54) is 89.1 Å². The van der Waals surface area contributed by atoms with Gasteiger partial charge < -0.3 is 9.47 Å². The number of benzene rings is 7. The number of para-hydroxylation sites is 4. The van der Waals surface area contributed by atoms with Crippen LogP contribution in [0.2, 0.25) is 0 Å². The number of hydrogen-bond donors (Lipinski definition) is 0. The summed E-state index contributed by atoms with van der Waals surface area (Å²) in [6.45, 7) is 0. The van der Waals surface area contributed by atoms with E-state index in [1.807, 2.05) is 0 Å². The van der Waals surface area contributed by atoms with E-state index in [9.17, 15) is 0 Å². The quantitative estimate of drug-likeness (QED) is 0.185. The van der Waals surface area contributed by atoms with E-state index in [2.05, 4.69) is 191 Å². The first-order valence-electron chi connectivity index (χ1n) is 18.0. The molecule has 3 aliphatic rings. The monoisotopic (exact) mass is 650 g/mol. The average Bonchev–Trinajstić information content (AvgIpc) is 3.69. The highest BCUT2D eigenvalue weighted by molar-refractivity contribution is 6.11. The third-order valence-corrected chi connectivity index (χ3v) is 11.4. The zero-order chi connectivity index (χ0) is 33.5. The summed E-state index contributed by atoms with van der Waals surface area (Å²) in [7, 11) is 0. The first-order chi connectivity index (χ1) is 25.3. The molecule has 1 aliphatic heterocycles. The molecule has 51 heavy (non-hydrogen) atoms. The van der Waals surface area contributed by atoms with E-state index in [1.54, 1.807) is 0 Å². The van der Waals surface area contributed by atoms with Crippen LogP contribution in [-0.2, 0) is 5.41 Å². The Morgan fingerprint density at radius 2 is 1.10 bits per heavy atom. The van der Waals surface area contributed by atoms with Gasteiger partial charge in [-0.05, 0) is 112 Å². The number of fused-ring (bicyclic) bond motifs is 12. The van der Waals surface area contributed by atoms with Crippen molar-refractivity contribution in [3.05, 3.63) is 204 Å². The summed E-state index contributed by atoms with van der Waals surface area (Å²) < 4.78 is 2.47. The van der Waals surface area contributed by atoms with Crippen molar-refractivity contribution in [1.82, 2.24) is 4.57 Å². The van der Waals surface area contributed by atoms with Crippen molar-refractivity contribution in [3.63, 3.8) is 0 Å². The van der Waals surface area contributed by atoms with E-state index in [-0.39, 0.29) is 0 Å². The first kappa shape index (κ1) is 28.5. The molecular weight excluding hydrogens is 617 g/mol. The lowest BCUT2D eigenvalue weighted by molar-refractivity contribution is 0.753. The molecule has 8 aromatic rings. The summed E-state index contributed by atoms with van der Waals surface area (Å²) >= 11 is 0. The van der Waals surface area contributed by atoms with Crippen molar-refractivity contribution in [2.75, 3.05) is 4.90 Å². The molecule has 2 heterocycles. The van der Waals surface area contributed by atoms with Gasteiger partial charge >= 0.3 is 0 Å². The lowest BCUT2D eigenvalue weighted by Crippen LogP contribution is -2.36. The molecule has 0 fully saturated rings. The summed E-state index contributed by atoms with van der Waals surface area (Å²) in [6.07, 6.45) is 8.86. The van der Waals surface area contributed by atoms with Gasteiger partial charge in [-0.25, -0.2) is 0 Å². The number of aromatic nitrogens is 1. The number of anilines is 3. The summed E-state index contributed by atoms with van der Waals surface area (Å²) in [5, 5.41) is 2.60. The van der Waals surface area contributed by atoms with Gasteiger partial charge in [0.25, 0.3) is 0 Å². The normalized spacial score (nSPS) is 15.1. The minimum Gasteiger partial charge on any atom is -0.313 e. The van der Waals surface area contributed by atoms with Crippen molar-refractivity contribution in [2.45, 2.75) is 18.3 Å². The van der Waals surface area contributed by atoms with Gasteiger partial charge in [0.15, 0.2) is 0 Å². The zero-order valence-electron chi connectivity index (χ0n) is 28.1. The van der Waals surface area contributed by atoms with Crippen LogP contribution in [0.15, 0.2) is 182 Å². The molecule has 1 spiro atoms. The highest BCUT2D eigenvalue weighted by Gasteiger charge is 2.51. The summed E-state index contributed by atoms with van der Waals surface area (Å²) in [6, 6.07) is 61.1. The van der Waals surface area contributed by atoms with Gasteiger partial charge in [0.05, 0.1) is 27.8 Å². The smallest absolute Gasteiger partial charge is 0.0754 e. The molecule has 1 aromatic heterocycles. The average molecular weight is 651 g/mol. The molecule has 2 aliphatic carbocycles. The zero-order valence-corrected chi connectivity index (χ0v) is 28.1. The highest BCUT2D eigenvalue weighted by atomic mass is 15.2. The van der Waals surface area contributed by atoms with E-state index in [4.69, 9.17) is 0 Å². The lowest BCUT2D eigenvalue weighted by atomic mass is 9.64. The van der Waals surface area contributed by atoms with Gasteiger partial charge in [-0.15, -0.1) is 0 Å². The van der Waals surface area contributed by atoms with Gasteiger partial charge in [-0.1, -0.05) is 127 Å². The fourth-order valence-corrected chi connectivity index (χ4v) is 9.38. The Bertz CT molecular complexity index is 2710. The fourth-order valence-electron chi connectivity index (χ4n) is 9.38. The molecule has 0 radical (unpaired) electrons. The van der Waals surface area contributed by atoms with Crippen molar-refractivity contribution >= 4 is 44.6 Å². The Hall–Kier alpha value is -6.38. The second-order valence-electron chi connectivity index (χ2n) is 14.0. The number of nitrogens with zero attached hydrogens (tertiary/aromatic N) is 2. The topological polar surface area (TPSA) is 8.17 Å². The minimum atomic E-state index is -0.442. The van der Waals surface area contributed by atoms with Crippen molar-refractivity contribution in [1.29, 1.82) is 0 Å². The number of hydrogen-bond acceptors (Lipinski definition) is 1. The Morgan fingerprint density at radius 3 is 1.88 bits per heavy atom. The lowest BCUT2D eigenvalue weighted by Gasteiger charge is -2.45. The Balaban J connectivity index is 1.14. The third-order valence-electron chi connectivity index (χ3n) is 11.4. The van der Waals surface area contributed by atoms with Crippen LogP contribution in [0, 0.1) is 0 Å². The van der Waals surface area contributed by atoms with E-state index in [0.29, 0.717) is 0 Å². The van der Waals surface area contributed by atoms with Crippen LogP contribution in [0.3, 0.4) is 0 Å². The molecule has 7 aromatic carbocycles. The van der Waals surface area contributed by atoms with E-state index >= 15 is 0 Å². The van der Waals surface area contributed by atoms with E-state index in [0.717, 1.165) is 12.8 Å². The van der Waals surface area contributed by atoms with Gasteiger partial charge in [-0.2, -0.15) is 0 Å². The number of rotatable bonds is 3. The summed E-state index contributed by atoms with van der Waals surface area (Å²) in [5.74, 6) is 0. The largest absolute Gasteiger partial charge is 0.313 e. The molecule has 2 nitrogen and oxygen atoms in total. The predicted molar refractivity (Wildman–Crippen MR) is 213 cm³/mol. The molecule has 2 heteroatoms. The van der Waals surface area contributed by atoms with Crippen LogP contribution in [0.5, 0.6) is 0 Å². The maximum absolute atomic E-state index is 2.47. The third kappa shape index (κ3) is 3.88. The van der Waals surface area contributed by atoms with Crippen LogP contribution in [-0.4, -0.2) is 4.57 Å². The summed E-state index contributed by atoms with van der Waals surface area (Å²) in [4.78, 5) is 2.44. The second-order valence-corrected chi connectivity index (χ2v) is 14.0. The molecular formula is C49H34N2. The van der Waals surface area contributed by atoms with Crippen LogP contribution in [0.25, 0.3) is 49.8 Å². The van der Waals surface area contributed by atoms with Crippen LogP contribution in [0.4, 0.5) is 17.1 Å².